The number of aliphatic hydroxyl groups is 1. The topological polar surface area (TPSA) is 74.2 Å². The van der Waals surface area contributed by atoms with Crippen molar-refractivity contribution in [3.8, 4) is 0 Å². The van der Waals surface area contributed by atoms with Crippen molar-refractivity contribution >= 4 is 17.4 Å². The van der Waals surface area contributed by atoms with Crippen molar-refractivity contribution in [2.24, 2.45) is 0 Å². The fourth-order valence-electron chi connectivity index (χ4n) is 2.22. The van der Waals surface area contributed by atoms with Gasteiger partial charge in [-0.2, -0.15) is 0 Å². The average Bonchev–Trinajstić information content (AvgIpc) is 2.87. The van der Waals surface area contributed by atoms with Gasteiger partial charge in [-0.25, -0.2) is 9.78 Å². The number of carbonyl (C=O) groups is 1. The van der Waals surface area contributed by atoms with Gasteiger partial charge in [0.15, 0.2) is 0 Å². The molecule has 1 fully saturated rings. The lowest BCUT2D eigenvalue weighted by Gasteiger charge is -2.26. The quantitative estimate of drug-likeness (QED) is 0.789. The first kappa shape index (κ1) is 14.3. The Balaban J connectivity index is 1.69. The molecule has 6 heteroatoms. The van der Waals surface area contributed by atoms with Crippen LogP contribution in [0.15, 0.2) is 5.38 Å². The standard InChI is InChI=1S/C13H21N3O2S/c1-2-12-15-10(8-19-12)7-14-13(18)16-9-3-5-11(17)6-4-9/h8-9,11,17H,2-7H2,1H3,(H2,14,16,18). The van der Waals surface area contributed by atoms with E-state index in [4.69, 9.17) is 0 Å². The molecule has 1 aromatic rings. The summed E-state index contributed by atoms with van der Waals surface area (Å²) in [5.41, 5.74) is 0.913. The highest BCUT2D eigenvalue weighted by atomic mass is 32.1. The van der Waals surface area contributed by atoms with Gasteiger partial charge in [0.05, 0.1) is 23.4 Å². The fraction of sp³-hybridized carbons (Fsp3) is 0.692. The Morgan fingerprint density at radius 2 is 2.21 bits per heavy atom. The molecule has 0 bridgehead atoms. The zero-order chi connectivity index (χ0) is 13.7. The number of nitrogens with one attached hydrogen (secondary N) is 2. The minimum atomic E-state index is -0.191. The minimum absolute atomic E-state index is 0.146. The molecule has 5 nitrogen and oxygen atoms in total. The summed E-state index contributed by atoms with van der Waals surface area (Å²) in [4.78, 5) is 16.1. The molecule has 0 unspecified atom stereocenters. The van der Waals surface area contributed by atoms with Crippen molar-refractivity contribution in [3.63, 3.8) is 0 Å². The molecule has 1 saturated carbocycles. The Morgan fingerprint density at radius 1 is 1.47 bits per heavy atom. The molecule has 0 saturated heterocycles. The van der Waals surface area contributed by atoms with Crippen LogP contribution in [0.25, 0.3) is 0 Å². The Morgan fingerprint density at radius 3 is 2.84 bits per heavy atom. The number of aryl methyl sites for hydroxylation is 1. The second-order valence-electron chi connectivity index (χ2n) is 4.92. The number of carbonyl (C=O) groups excluding carboxylic acids is 1. The monoisotopic (exact) mass is 283 g/mol. The molecule has 106 valence electrons. The third-order valence-corrected chi connectivity index (χ3v) is 4.41. The summed E-state index contributed by atoms with van der Waals surface area (Å²) in [5.74, 6) is 0. The van der Waals surface area contributed by atoms with E-state index in [9.17, 15) is 9.90 Å². The number of hydrogen-bond acceptors (Lipinski definition) is 4. The number of hydrogen-bond donors (Lipinski definition) is 3. The van der Waals surface area contributed by atoms with E-state index in [0.717, 1.165) is 42.8 Å². The van der Waals surface area contributed by atoms with E-state index < -0.39 is 0 Å². The second-order valence-corrected chi connectivity index (χ2v) is 5.86. The number of aliphatic hydroxyl groups excluding tert-OH is 1. The molecule has 1 heterocycles. The van der Waals surface area contributed by atoms with Crippen molar-refractivity contribution in [2.45, 2.75) is 57.7 Å². The largest absolute Gasteiger partial charge is 0.393 e. The van der Waals surface area contributed by atoms with Gasteiger partial charge in [-0.1, -0.05) is 6.92 Å². The maximum Gasteiger partial charge on any atom is 0.315 e. The molecule has 19 heavy (non-hydrogen) atoms. The Labute approximate surface area is 117 Å². The molecule has 1 aliphatic rings. The number of urea groups is 1. The fourth-order valence-corrected chi connectivity index (χ4v) is 2.96. The van der Waals surface area contributed by atoms with Crippen LogP contribution in [-0.2, 0) is 13.0 Å². The van der Waals surface area contributed by atoms with Crippen LogP contribution in [0, 0.1) is 0 Å². The lowest BCUT2D eigenvalue weighted by Crippen LogP contribution is -2.43. The molecule has 3 N–H and O–H groups in total. The lowest BCUT2D eigenvalue weighted by molar-refractivity contribution is 0.117. The van der Waals surface area contributed by atoms with Crippen LogP contribution in [0.5, 0.6) is 0 Å². The van der Waals surface area contributed by atoms with E-state index >= 15 is 0 Å². The maximum atomic E-state index is 11.7. The molecule has 2 amide bonds. The van der Waals surface area contributed by atoms with Gasteiger partial charge in [-0.15, -0.1) is 11.3 Å². The van der Waals surface area contributed by atoms with E-state index in [0.29, 0.717) is 6.54 Å². The smallest absolute Gasteiger partial charge is 0.315 e. The number of amides is 2. The van der Waals surface area contributed by atoms with Gasteiger partial charge in [0.25, 0.3) is 0 Å². The zero-order valence-corrected chi connectivity index (χ0v) is 12.0. The van der Waals surface area contributed by atoms with Crippen LogP contribution < -0.4 is 10.6 Å². The first-order chi connectivity index (χ1) is 9.17. The SMILES string of the molecule is CCc1nc(CNC(=O)NC2CCC(O)CC2)cs1. The third-order valence-electron chi connectivity index (χ3n) is 3.36. The van der Waals surface area contributed by atoms with E-state index in [2.05, 4.69) is 22.5 Å². The first-order valence-electron chi connectivity index (χ1n) is 6.83. The van der Waals surface area contributed by atoms with Crippen LogP contribution in [0.4, 0.5) is 4.79 Å². The van der Waals surface area contributed by atoms with Gasteiger partial charge in [-0.3, -0.25) is 0 Å². The molecular formula is C13H21N3O2S. The number of thiazole rings is 1. The van der Waals surface area contributed by atoms with Crippen molar-refractivity contribution in [1.29, 1.82) is 0 Å². The van der Waals surface area contributed by atoms with Crippen molar-refractivity contribution in [1.82, 2.24) is 15.6 Å². The van der Waals surface area contributed by atoms with E-state index in [1.807, 2.05) is 5.38 Å². The Bertz CT molecular complexity index is 414. The van der Waals surface area contributed by atoms with E-state index in [1.165, 1.54) is 0 Å². The molecule has 1 aliphatic carbocycles. The second kappa shape index (κ2) is 6.86. The summed E-state index contributed by atoms with van der Waals surface area (Å²) in [7, 11) is 0. The van der Waals surface area contributed by atoms with Crippen LogP contribution in [0.1, 0.15) is 43.3 Å². The summed E-state index contributed by atoms with van der Waals surface area (Å²) >= 11 is 1.63. The van der Waals surface area contributed by atoms with Crippen LogP contribution in [0.2, 0.25) is 0 Å². The summed E-state index contributed by atoms with van der Waals surface area (Å²) in [5, 5.41) is 18.3. The van der Waals surface area contributed by atoms with Crippen molar-refractivity contribution in [2.75, 3.05) is 0 Å². The third kappa shape index (κ3) is 4.47. The Kier molecular flexibility index (Phi) is 5.15. The van der Waals surface area contributed by atoms with Gasteiger partial charge in [0.1, 0.15) is 0 Å². The molecule has 0 spiro atoms. The molecule has 0 radical (unpaired) electrons. The Hall–Kier alpha value is -1.14. The summed E-state index contributed by atoms with van der Waals surface area (Å²) in [6.07, 6.45) is 3.99. The molecule has 2 rings (SSSR count). The number of rotatable bonds is 4. The van der Waals surface area contributed by atoms with Crippen LogP contribution in [-0.4, -0.2) is 28.3 Å². The van der Waals surface area contributed by atoms with Gasteiger partial charge in [-0.05, 0) is 32.1 Å². The predicted molar refractivity (Wildman–Crippen MR) is 75.1 cm³/mol. The number of nitrogens with zero attached hydrogens (tertiary/aromatic N) is 1. The highest BCUT2D eigenvalue weighted by molar-refractivity contribution is 7.09. The molecule has 1 aromatic heterocycles. The summed E-state index contributed by atoms with van der Waals surface area (Å²) in [6, 6.07) is 0.0393. The van der Waals surface area contributed by atoms with Crippen molar-refractivity contribution in [3.05, 3.63) is 16.1 Å². The van der Waals surface area contributed by atoms with Gasteiger partial charge in [0, 0.05) is 11.4 Å². The molecule has 0 aromatic carbocycles. The average molecular weight is 283 g/mol. The predicted octanol–water partition coefficient (Wildman–Crippen LogP) is 1.81. The summed E-state index contributed by atoms with van der Waals surface area (Å²) < 4.78 is 0. The van der Waals surface area contributed by atoms with Gasteiger partial charge >= 0.3 is 6.03 Å². The van der Waals surface area contributed by atoms with E-state index in [-0.39, 0.29) is 18.2 Å². The van der Waals surface area contributed by atoms with E-state index in [1.54, 1.807) is 11.3 Å². The van der Waals surface area contributed by atoms with Gasteiger partial charge in [0.2, 0.25) is 0 Å². The normalized spacial score (nSPS) is 23.1. The van der Waals surface area contributed by atoms with Crippen LogP contribution in [0.3, 0.4) is 0 Å². The highest BCUT2D eigenvalue weighted by Crippen LogP contribution is 2.18. The van der Waals surface area contributed by atoms with Gasteiger partial charge < -0.3 is 15.7 Å². The van der Waals surface area contributed by atoms with Crippen LogP contribution >= 0.6 is 11.3 Å². The first-order valence-corrected chi connectivity index (χ1v) is 7.71. The number of aromatic nitrogens is 1. The highest BCUT2D eigenvalue weighted by Gasteiger charge is 2.20. The van der Waals surface area contributed by atoms with Crippen molar-refractivity contribution < 1.29 is 9.90 Å². The minimum Gasteiger partial charge on any atom is -0.393 e. The molecule has 0 atom stereocenters. The lowest BCUT2D eigenvalue weighted by atomic mass is 9.93. The molecule has 0 aliphatic heterocycles. The maximum absolute atomic E-state index is 11.7. The zero-order valence-electron chi connectivity index (χ0n) is 11.2. The molecular weight excluding hydrogens is 262 g/mol. The summed E-state index contributed by atoms with van der Waals surface area (Å²) in [6.45, 7) is 2.54.